The summed E-state index contributed by atoms with van der Waals surface area (Å²) in [4.78, 5) is 0. The molecule has 0 atom stereocenters. The van der Waals surface area contributed by atoms with E-state index in [1.54, 1.807) is 0 Å². The van der Waals surface area contributed by atoms with Gasteiger partial charge in [0.25, 0.3) is 0 Å². The van der Waals surface area contributed by atoms with E-state index in [1.807, 2.05) is 0 Å². The molecule has 0 unspecified atom stereocenters. The average molecular weight is 245 g/mol. The second kappa shape index (κ2) is 7.38. The van der Waals surface area contributed by atoms with Crippen molar-refractivity contribution >= 4 is 6.08 Å². The van der Waals surface area contributed by atoms with Gasteiger partial charge in [0.1, 0.15) is 0 Å². The highest BCUT2D eigenvalue weighted by Gasteiger charge is 1.98. The molecule has 0 aliphatic carbocycles. The average Bonchev–Trinajstić information content (AvgIpc) is 2.29. The SMILES string of the molecule is Cc1cc(C)c(C=CCCNCC(C)C)cc1C. The fourth-order valence-electron chi connectivity index (χ4n) is 1.95. The Morgan fingerprint density at radius 3 is 2.39 bits per heavy atom. The summed E-state index contributed by atoms with van der Waals surface area (Å²) in [6.45, 7) is 13.2. The van der Waals surface area contributed by atoms with Gasteiger partial charge < -0.3 is 5.32 Å². The van der Waals surface area contributed by atoms with Crippen molar-refractivity contribution in [1.29, 1.82) is 0 Å². The molecule has 0 fully saturated rings. The molecule has 0 aliphatic heterocycles. The van der Waals surface area contributed by atoms with Crippen molar-refractivity contribution < 1.29 is 0 Å². The first-order valence-corrected chi connectivity index (χ1v) is 6.96. The van der Waals surface area contributed by atoms with Gasteiger partial charge in [0.05, 0.1) is 0 Å². The van der Waals surface area contributed by atoms with Gasteiger partial charge in [-0.3, -0.25) is 0 Å². The molecule has 100 valence electrons. The maximum Gasteiger partial charge on any atom is -0.00140 e. The van der Waals surface area contributed by atoms with Gasteiger partial charge in [-0.05, 0) is 68.5 Å². The number of rotatable bonds is 6. The first-order chi connectivity index (χ1) is 8.50. The Kier molecular flexibility index (Phi) is 6.14. The van der Waals surface area contributed by atoms with Crippen LogP contribution in [0.2, 0.25) is 0 Å². The first-order valence-electron chi connectivity index (χ1n) is 6.96. The number of nitrogens with one attached hydrogen (secondary N) is 1. The third-order valence-electron chi connectivity index (χ3n) is 3.22. The van der Waals surface area contributed by atoms with Gasteiger partial charge in [-0.2, -0.15) is 0 Å². The molecule has 1 heteroatoms. The minimum atomic E-state index is 0.732. The lowest BCUT2D eigenvalue weighted by Gasteiger charge is -2.07. The molecule has 1 N–H and O–H groups in total. The molecule has 0 saturated carbocycles. The summed E-state index contributed by atoms with van der Waals surface area (Å²) >= 11 is 0. The highest BCUT2D eigenvalue weighted by atomic mass is 14.8. The van der Waals surface area contributed by atoms with E-state index in [9.17, 15) is 0 Å². The summed E-state index contributed by atoms with van der Waals surface area (Å²) in [5, 5.41) is 3.45. The topological polar surface area (TPSA) is 12.0 Å². The van der Waals surface area contributed by atoms with Gasteiger partial charge in [0.2, 0.25) is 0 Å². The Morgan fingerprint density at radius 1 is 1.06 bits per heavy atom. The van der Waals surface area contributed by atoms with Gasteiger partial charge in [-0.1, -0.05) is 38.1 Å². The molecule has 0 heterocycles. The van der Waals surface area contributed by atoms with Crippen LogP contribution in [0.5, 0.6) is 0 Å². The molecule has 1 nitrogen and oxygen atoms in total. The fraction of sp³-hybridized carbons (Fsp3) is 0.529. The Labute approximate surface area is 112 Å². The number of aryl methyl sites for hydroxylation is 3. The van der Waals surface area contributed by atoms with E-state index in [-0.39, 0.29) is 0 Å². The van der Waals surface area contributed by atoms with Crippen LogP contribution in [0, 0.1) is 26.7 Å². The van der Waals surface area contributed by atoms with Gasteiger partial charge in [0.15, 0.2) is 0 Å². The van der Waals surface area contributed by atoms with Crippen LogP contribution in [0.25, 0.3) is 6.08 Å². The smallest absolute Gasteiger partial charge is 0.00140 e. The van der Waals surface area contributed by atoms with E-state index in [2.05, 4.69) is 64.2 Å². The van der Waals surface area contributed by atoms with Crippen LogP contribution < -0.4 is 5.32 Å². The molecule has 18 heavy (non-hydrogen) atoms. The van der Waals surface area contributed by atoms with E-state index in [1.165, 1.54) is 22.3 Å². The van der Waals surface area contributed by atoms with Crippen LogP contribution in [-0.2, 0) is 0 Å². The Bertz CT molecular complexity index is 402. The summed E-state index contributed by atoms with van der Waals surface area (Å²) in [6, 6.07) is 4.55. The van der Waals surface area contributed by atoms with Crippen molar-refractivity contribution in [2.75, 3.05) is 13.1 Å². The van der Waals surface area contributed by atoms with Crippen LogP contribution in [0.4, 0.5) is 0 Å². The van der Waals surface area contributed by atoms with Gasteiger partial charge in [-0.25, -0.2) is 0 Å². The highest BCUT2D eigenvalue weighted by Crippen LogP contribution is 2.16. The van der Waals surface area contributed by atoms with E-state index < -0.39 is 0 Å². The number of benzene rings is 1. The summed E-state index contributed by atoms with van der Waals surface area (Å²) in [7, 11) is 0. The van der Waals surface area contributed by atoms with Crippen LogP contribution in [0.15, 0.2) is 18.2 Å². The Hall–Kier alpha value is -1.08. The fourth-order valence-corrected chi connectivity index (χ4v) is 1.95. The number of hydrogen-bond donors (Lipinski definition) is 1. The molecule has 1 rings (SSSR count). The molecular formula is C17H27N. The quantitative estimate of drug-likeness (QED) is 0.738. The van der Waals surface area contributed by atoms with Crippen LogP contribution in [-0.4, -0.2) is 13.1 Å². The predicted octanol–water partition coefficient (Wildman–Crippen LogP) is 4.26. The third-order valence-corrected chi connectivity index (χ3v) is 3.22. The standard InChI is InChI=1S/C17H27N/c1-13(2)12-18-9-7-6-8-17-11-15(4)14(3)10-16(17)5/h6,8,10-11,13,18H,7,9,12H2,1-5H3. The van der Waals surface area contributed by atoms with E-state index in [4.69, 9.17) is 0 Å². The molecule has 1 aromatic rings. The van der Waals surface area contributed by atoms with Gasteiger partial charge in [0, 0.05) is 0 Å². The van der Waals surface area contributed by atoms with E-state index >= 15 is 0 Å². The summed E-state index contributed by atoms with van der Waals surface area (Å²) in [6.07, 6.45) is 5.61. The lowest BCUT2D eigenvalue weighted by atomic mass is 10.0. The first kappa shape index (κ1) is 15.0. The van der Waals surface area contributed by atoms with E-state index in [0.29, 0.717) is 0 Å². The van der Waals surface area contributed by atoms with Crippen molar-refractivity contribution in [3.8, 4) is 0 Å². The van der Waals surface area contributed by atoms with Gasteiger partial charge >= 0.3 is 0 Å². The second-order valence-electron chi connectivity index (χ2n) is 5.58. The maximum atomic E-state index is 3.45. The predicted molar refractivity (Wildman–Crippen MR) is 82.0 cm³/mol. The molecule has 0 bridgehead atoms. The van der Waals surface area contributed by atoms with E-state index in [0.717, 1.165) is 25.4 Å². The summed E-state index contributed by atoms with van der Waals surface area (Å²) < 4.78 is 0. The molecule has 0 amide bonds. The maximum absolute atomic E-state index is 3.45. The molecule has 0 aromatic heterocycles. The van der Waals surface area contributed by atoms with Crippen LogP contribution in [0.1, 0.15) is 42.5 Å². The molecule has 1 aromatic carbocycles. The van der Waals surface area contributed by atoms with Crippen molar-refractivity contribution in [3.05, 3.63) is 40.5 Å². The molecule has 0 radical (unpaired) electrons. The summed E-state index contributed by atoms with van der Waals surface area (Å²) in [5.41, 5.74) is 5.47. The van der Waals surface area contributed by atoms with Crippen molar-refractivity contribution in [2.45, 2.75) is 41.0 Å². The normalized spacial score (nSPS) is 11.7. The largest absolute Gasteiger partial charge is 0.316 e. The number of hydrogen-bond acceptors (Lipinski definition) is 1. The molecule has 0 aliphatic rings. The monoisotopic (exact) mass is 245 g/mol. The lowest BCUT2D eigenvalue weighted by Crippen LogP contribution is -2.20. The van der Waals surface area contributed by atoms with Crippen LogP contribution >= 0.6 is 0 Å². The minimum Gasteiger partial charge on any atom is -0.316 e. The van der Waals surface area contributed by atoms with Crippen molar-refractivity contribution in [2.24, 2.45) is 5.92 Å². The van der Waals surface area contributed by atoms with Crippen molar-refractivity contribution in [3.63, 3.8) is 0 Å². The van der Waals surface area contributed by atoms with Crippen LogP contribution in [0.3, 0.4) is 0 Å². The Morgan fingerprint density at radius 2 is 1.72 bits per heavy atom. The molecular weight excluding hydrogens is 218 g/mol. The summed E-state index contributed by atoms with van der Waals surface area (Å²) in [5.74, 6) is 0.732. The zero-order valence-electron chi connectivity index (χ0n) is 12.5. The molecule has 0 saturated heterocycles. The highest BCUT2D eigenvalue weighted by molar-refractivity contribution is 5.56. The van der Waals surface area contributed by atoms with Gasteiger partial charge in [-0.15, -0.1) is 0 Å². The zero-order valence-corrected chi connectivity index (χ0v) is 12.5. The lowest BCUT2D eigenvalue weighted by molar-refractivity contribution is 0.557. The molecule has 0 spiro atoms. The third kappa shape index (κ3) is 5.05. The second-order valence-corrected chi connectivity index (χ2v) is 5.58. The minimum absolute atomic E-state index is 0.732. The van der Waals surface area contributed by atoms with Crippen molar-refractivity contribution in [1.82, 2.24) is 5.32 Å². The Balaban J connectivity index is 2.45. The zero-order chi connectivity index (χ0) is 13.5.